The van der Waals surface area contributed by atoms with Gasteiger partial charge in [-0.2, -0.15) is 0 Å². The maximum Gasteiger partial charge on any atom is 0.184 e. The van der Waals surface area contributed by atoms with E-state index in [0.29, 0.717) is 14.6 Å². The highest BCUT2D eigenvalue weighted by Crippen LogP contribution is 2.43. The molecule has 0 N–H and O–H groups in total. The van der Waals surface area contributed by atoms with Crippen LogP contribution in [0, 0.1) is 0 Å². The average molecular weight is 398 g/mol. The number of hydrogen-bond acceptors (Lipinski definition) is 1. The molecule has 0 saturated heterocycles. The minimum atomic E-state index is -0.195. The highest BCUT2D eigenvalue weighted by molar-refractivity contribution is 7.56. The van der Waals surface area contributed by atoms with Gasteiger partial charge in [0.05, 0.1) is 0 Å². The molecule has 0 aliphatic rings. The van der Waals surface area contributed by atoms with E-state index in [-0.39, 0.29) is 10.9 Å². The van der Waals surface area contributed by atoms with Crippen molar-refractivity contribution in [2.24, 2.45) is 0 Å². The Hall–Kier alpha value is -2.76. The van der Waals surface area contributed by atoms with Gasteiger partial charge >= 0.3 is 0 Å². The van der Waals surface area contributed by atoms with E-state index in [1.54, 1.807) is 0 Å². The second kappa shape index (κ2) is 10.7. The van der Waals surface area contributed by atoms with E-state index in [0.717, 1.165) is 19.3 Å². The molecule has 0 aliphatic heterocycles. The summed E-state index contributed by atoms with van der Waals surface area (Å²) in [5, 5.41) is 0. The average Bonchev–Trinajstić information content (AvgIpc) is 2.80. The number of hydrogen-bond donors (Lipinski definition) is 0. The first-order valence-electron chi connectivity index (χ1n) is 10.1. The molecule has 0 unspecified atom stereocenters. The van der Waals surface area contributed by atoms with E-state index >= 15 is 0 Å². The van der Waals surface area contributed by atoms with Gasteiger partial charge in [-0.25, -0.2) is 0 Å². The molecule has 0 bridgehead atoms. The SMILES string of the molecule is C=PC(=O)CC=CCCCC(c1ccccc1)(c1ccccc1)c1ccccc1. The quantitative estimate of drug-likeness (QED) is 0.155. The van der Waals surface area contributed by atoms with E-state index in [1.165, 1.54) is 16.7 Å². The Kier molecular flexibility index (Phi) is 7.73. The Labute approximate surface area is 175 Å². The monoisotopic (exact) mass is 398 g/mol. The summed E-state index contributed by atoms with van der Waals surface area (Å²) in [4.78, 5) is 11.4. The zero-order chi connectivity index (χ0) is 20.4. The zero-order valence-corrected chi connectivity index (χ0v) is 17.6. The summed E-state index contributed by atoms with van der Waals surface area (Å²) in [7, 11) is 0.591. The molecular formula is C27H27OP. The van der Waals surface area contributed by atoms with Crippen molar-refractivity contribution in [3.8, 4) is 0 Å². The topological polar surface area (TPSA) is 17.1 Å². The Morgan fingerprint density at radius 1 is 0.759 bits per heavy atom. The number of benzene rings is 3. The van der Waals surface area contributed by atoms with Crippen molar-refractivity contribution < 1.29 is 4.79 Å². The van der Waals surface area contributed by atoms with E-state index in [9.17, 15) is 4.79 Å². The van der Waals surface area contributed by atoms with Gasteiger partial charge in [-0.3, -0.25) is 4.79 Å². The molecule has 0 heterocycles. The van der Waals surface area contributed by atoms with Crippen molar-refractivity contribution in [2.75, 3.05) is 0 Å². The van der Waals surface area contributed by atoms with E-state index in [2.05, 4.69) is 103 Å². The van der Waals surface area contributed by atoms with Gasteiger partial charge in [0.25, 0.3) is 0 Å². The van der Waals surface area contributed by atoms with Crippen molar-refractivity contribution in [1.29, 1.82) is 0 Å². The predicted octanol–water partition coefficient (Wildman–Crippen LogP) is 7.04. The first-order valence-corrected chi connectivity index (χ1v) is 11.2. The Morgan fingerprint density at radius 3 is 1.62 bits per heavy atom. The second-order valence-corrected chi connectivity index (χ2v) is 7.94. The smallest absolute Gasteiger partial charge is 0.184 e. The van der Waals surface area contributed by atoms with Gasteiger partial charge in [-0.05, 0) is 44.2 Å². The van der Waals surface area contributed by atoms with Crippen molar-refractivity contribution in [3.05, 3.63) is 120 Å². The van der Waals surface area contributed by atoms with Crippen LogP contribution in [0.25, 0.3) is 0 Å². The molecule has 0 saturated carbocycles. The van der Waals surface area contributed by atoms with Crippen LogP contribution in [0.2, 0.25) is 0 Å². The fourth-order valence-electron chi connectivity index (χ4n) is 3.95. The summed E-state index contributed by atoms with van der Waals surface area (Å²) in [6.45, 7) is 0. The Morgan fingerprint density at radius 2 is 1.21 bits per heavy atom. The van der Waals surface area contributed by atoms with Crippen LogP contribution in [0.5, 0.6) is 0 Å². The van der Waals surface area contributed by atoms with Crippen LogP contribution in [-0.2, 0) is 10.2 Å². The molecule has 0 atom stereocenters. The van der Waals surface area contributed by atoms with Gasteiger partial charge in [0.2, 0.25) is 0 Å². The van der Waals surface area contributed by atoms with Crippen LogP contribution in [0.4, 0.5) is 0 Å². The number of rotatable bonds is 10. The fourth-order valence-corrected chi connectivity index (χ4v) is 4.19. The van der Waals surface area contributed by atoms with Crippen LogP contribution < -0.4 is 0 Å². The second-order valence-electron chi connectivity index (χ2n) is 7.12. The van der Waals surface area contributed by atoms with Crippen molar-refractivity contribution in [3.63, 3.8) is 0 Å². The molecule has 1 nitrogen and oxygen atoms in total. The lowest BCUT2D eigenvalue weighted by atomic mass is 9.66. The molecule has 0 amide bonds. The van der Waals surface area contributed by atoms with Crippen molar-refractivity contribution in [2.45, 2.75) is 31.1 Å². The Balaban J connectivity index is 1.95. The first kappa shape index (κ1) is 21.0. The van der Waals surface area contributed by atoms with Gasteiger partial charge in [-0.1, -0.05) is 109 Å². The highest BCUT2D eigenvalue weighted by atomic mass is 31.1. The van der Waals surface area contributed by atoms with E-state index < -0.39 is 0 Å². The number of carbonyl (C=O) groups excluding carboxylic acids is 1. The van der Waals surface area contributed by atoms with Gasteiger partial charge in [0.1, 0.15) is 0 Å². The van der Waals surface area contributed by atoms with Crippen molar-refractivity contribution >= 4 is 20.0 Å². The number of allylic oxidation sites excluding steroid dienone is 2. The summed E-state index contributed by atoms with van der Waals surface area (Å²) >= 11 is 0. The minimum absolute atomic E-state index is 0.161. The molecule has 29 heavy (non-hydrogen) atoms. The summed E-state index contributed by atoms with van der Waals surface area (Å²) < 4.78 is 0. The molecule has 146 valence electrons. The third-order valence-corrected chi connectivity index (χ3v) is 5.89. The van der Waals surface area contributed by atoms with Crippen LogP contribution in [0.15, 0.2) is 103 Å². The Bertz CT molecular complexity index is 833. The number of carbonyl (C=O) groups is 1. The largest absolute Gasteiger partial charge is 0.289 e. The van der Waals surface area contributed by atoms with Gasteiger partial charge in [0.15, 0.2) is 5.52 Å². The first-order chi connectivity index (χ1) is 14.3. The molecule has 3 rings (SSSR count). The standard InChI is InChI=1S/C27H27OP/c1-29-26(28)21-13-2-3-14-22-27(23-15-7-4-8-16-23,24-17-9-5-10-18-24)25-19-11-6-12-20-25/h2,4-13,15-20H,1,3,14,21-22H2. The lowest BCUT2D eigenvalue weighted by molar-refractivity contribution is -0.110. The molecule has 3 aromatic carbocycles. The fraction of sp³-hybridized carbons (Fsp3) is 0.185. The highest BCUT2D eigenvalue weighted by Gasteiger charge is 2.35. The van der Waals surface area contributed by atoms with Crippen LogP contribution >= 0.6 is 8.20 Å². The molecular weight excluding hydrogens is 371 g/mol. The summed E-state index contributed by atoms with van der Waals surface area (Å²) in [5.41, 5.74) is 3.90. The van der Waals surface area contributed by atoms with Gasteiger partial charge < -0.3 is 0 Å². The van der Waals surface area contributed by atoms with Gasteiger partial charge in [0, 0.05) is 11.8 Å². The van der Waals surface area contributed by atoms with E-state index in [1.807, 2.05) is 6.08 Å². The van der Waals surface area contributed by atoms with Crippen LogP contribution in [-0.4, -0.2) is 11.8 Å². The van der Waals surface area contributed by atoms with Crippen molar-refractivity contribution in [1.82, 2.24) is 0 Å². The summed E-state index contributed by atoms with van der Waals surface area (Å²) in [5.74, 6) is 0. The molecule has 0 aromatic heterocycles. The van der Waals surface area contributed by atoms with Crippen LogP contribution in [0.3, 0.4) is 0 Å². The predicted molar refractivity (Wildman–Crippen MR) is 126 cm³/mol. The summed E-state index contributed by atoms with van der Waals surface area (Å²) in [6.07, 6.45) is 11.2. The van der Waals surface area contributed by atoms with E-state index in [4.69, 9.17) is 0 Å². The van der Waals surface area contributed by atoms with Gasteiger partial charge in [-0.15, -0.1) is 0 Å². The zero-order valence-electron chi connectivity index (χ0n) is 16.7. The maximum atomic E-state index is 11.4. The van der Waals surface area contributed by atoms with Crippen LogP contribution in [0.1, 0.15) is 42.4 Å². The normalized spacial score (nSPS) is 11.7. The lowest BCUT2D eigenvalue weighted by Crippen LogP contribution is -2.29. The molecule has 3 aromatic rings. The molecule has 2 heteroatoms. The third-order valence-electron chi connectivity index (χ3n) is 5.36. The molecule has 0 radical (unpaired) electrons. The molecule has 0 fully saturated rings. The lowest BCUT2D eigenvalue weighted by Gasteiger charge is -2.36. The minimum Gasteiger partial charge on any atom is -0.289 e. The maximum absolute atomic E-state index is 11.4. The number of unbranched alkanes of at least 4 members (excludes halogenated alkanes) is 1. The molecule has 0 aliphatic carbocycles. The third kappa shape index (κ3) is 5.19. The summed E-state index contributed by atoms with van der Waals surface area (Å²) in [6, 6.07) is 32.4. The molecule has 0 spiro atoms.